The Bertz CT molecular complexity index is 1440. The highest BCUT2D eigenvalue weighted by molar-refractivity contribution is 5.85. The predicted octanol–water partition coefficient (Wildman–Crippen LogP) is 4.30. The van der Waals surface area contributed by atoms with Gasteiger partial charge in [0.25, 0.3) is 0 Å². The molecule has 1 fully saturated rings. The fourth-order valence-electron chi connectivity index (χ4n) is 5.02. The number of amides is 1. The molecule has 2 atom stereocenters. The van der Waals surface area contributed by atoms with Crippen LogP contribution < -0.4 is 15.2 Å². The summed E-state index contributed by atoms with van der Waals surface area (Å²) in [5.74, 6) is 0.744. The molecule has 1 aliphatic rings. The second-order valence-electron chi connectivity index (χ2n) is 9.23. The molecule has 0 saturated carbocycles. The summed E-state index contributed by atoms with van der Waals surface area (Å²) >= 11 is 0. The maximum atomic E-state index is 13.8. The first-order chi connectivity index (χ1) is 17.4. The highest BCUT2D eigenvalue weighted by Gasteiger charge is 2.41. The summed E-state index contributed by atoms with van der Waals surface area (Å²) < 4.78 is 13.2. The van der Waals surface area contributed by atoms with Gasteiger partial charge in [0.05, 0.1) is 19.2 Å². The number of imidazole rings is 1. The van der Waals surface area contributed by atoms with E-state index in [0.717, 1.165) is 11.1 Å². The van der Waals surface area contributed by atoms with Crippen molar-refractivity contribution >= 4 is 16.9 Å². The van der Waals surface area contributed by atoms with Crippen molar-refractivity contribution in [3.63, 3.8) is 0 Å². The van der Waals surface area contributed by atoms with Crippen LogP contribution in [0.3, 0.4) is 0 Å². The zero-order chi connectivity index (χ0) is 25.3. The molecule has 4 aromatic rings. The van der Waals surface area contributed by atoms with Crippen LogP contribution in [0.25, 0.3) is 11.0 Å². The standard InChI is InChI=1S/C28H29N3O5/c1-29-26-23(10-6-12-25(26)36-19-21-8-4-3-5-9-21)30(28(29)33)24-11-7-17-31(34,27(24)32)18-20-13-15-22(35-2)16-14-20/h3-6,8-10,12-16,24H,7,11,17-19H2,1-2H3. The Balaban J connectivity index is 1.47. The van der Waals surface area contributed by atoms with Gasteiger partial charge < -0.3 is 14.7 Å². The van der Waals surface area contributed by atoms with E-state index in [-0.39, 0.29) is 18.8 Å². The van der Waals surface area contributed by atoms with Gasteiger partial charge in [0.2, 0.25) is 0 Å². The summed E-state index contributed by atoms with van der Waals surface area (Å²) in [6.45, 7) is 0.556. The van der Waals surface area contributed by atoms with Crippen LogP contribution in [0.15, 0.2) is 77.6 Å². The number of aromatic nitrogens is 2. The van der Waals surface area contributed by atoms with Crippen LogP contribution in [-0.2, 0) is 25.0 Å². The minimum Gasteiger partial charge on any atom is -0.625 e. The fraction of sp³-hybridized carbons (Fsp3) is 0.286. The number of benzene rings is 3. The smallest absolute Gasteiger partial charge is 0.337 e. The Morgan fingerprint density at radius 1 is 0.972 bits per heavy atom. The highest BCUT2D eigenvalue weighted by Crippen LogP contribution is 2.34. The molecular weight excluding hydrogens is 458 g/mol. The number of hydroxylamine groups is 3. The lowest BCUT2D eigenvalue weighted by Crippen LogP contribution is -2.55. The number of rotatable bonds is 7. The van der Waals surface area contributed by atoms with Crippen LogP contribution in [0.2, 0.25) is 0 Å². The number of aryl methyl sites for hydroxylation is 1. The third kappa shape index (κ3) is 4.29. The second kappa shape index (κ2) is 9.64. The molecule has 0 spiro atoms. The SMILES string of the molecule is COc1ccc(C[N+]2([O-])CCCC(n3c(=O)n(C)c4c(OCc5ccccc5)cccc43)C2=O)cc1. The van der Waals surface area contributed by atoms with Crippen LogP contribution in [0, 0.1) is 5.21 Å². The van der Waals surface area contributed by atoms with Crippen LogP contribution in [0.5, 0.6) is 11.5 Å². The number of fused-ring (bicyclic) bond motifs is 1. The lowest BCUT2D eigenvalue weighted by molar-refractivity contribution is -0.823. The molecule has 2 heterocycles. The van der Waals surface area contributed by atoms with Crippen molar-refractivity contribution in [2.24, 2.45) is 7.05 Å². The quantitative estimate of drug-likeness (QED) is 0.287. The van der Waals surface area contributed by atoms with Gasteiger partial charge in [-0.2, -0.15) is 0 Å². The Kier molecular flexibility index (Phi) is 6.38. The number of carbonyl (C=O) groups excluding carboxylic acids is 1. The Morgan fingerprint density at radius 2 is 1.72 bits per heavy atom. The molecule has 1 saturated heterocycles. The van der Waals surface area contributed by atoms with E-state index in [4.69, 9.17) is 9.47 Å². The summed E-state index contributed by atoms with van der Waals surface area (Å²) in [6, 6.07) is 21.5. The Morgan fingerprint density at radius 3 is 2.44 bits per heavy atom. The van der Waals surface area contributed by atoms with E-state index in [0.29, 0.717) is 42.0 Å². The number of likely N-dealkylation sites (tertiary alicyclic amines) is 1. The summed E-state index contributed by atoms with van der Waals surface area (Å²) in [5.41, 5.74) is 2.62. The Hall–Kier alpha value is -3.88. The van der Waals surface area contributed by atoms with Crippen molar-refractivity contribution in [3.05, 3.63) is 99.6 Å². The van der Waals surface area contributed by atoms with Crippen LogP contribution in [0.4, 0.5) is 0 Å². The first kappa shape index (κ1) is 23.8. The fourth-order valence-corrected chi connectivity index (χ4v) is 5.02. The summed E-state index contributed by atoms with van der Waals surface area (Å²) in [4.78, 5) is 27.0. The van der Waals surface area contributed by atoms with E-state index in [1.165, 1.54) is 9.13 Å². The topological polar surface area (TPSA) is 85.5 Å². The maximum absolute atomic E-state index is 13.8. The largest absolute Gasteiger partial charge is 0.625 e. The molecule has 1 aliphatic heterocycles. The van der Waals surface area contributed by atoms with Crippen LogP contribution in [0.1, 0.15) is 30.0 Å². The zero-order valence-corrected chi connectivity index (χ0v) is 20.4. The van der Waals surface area contributed by atoms with Crippen molar-refractivity contribution in [2.75, 3.05) is 13.7 Å². The molecule has 0 bridgehead atoms. The molecule has 1 amide bonds. The summed E-state index contributed by atoms with van der Waals surface area (Å²) in [7, 11) is 3.25. The first-order valence-corrected chi connectivity index (χ1v) is 12.0. The number of hydrogen-bond donors (Lipinski definition) is 0. The molecule has 0 aliphatic carbocycles. The zero-order valence-electron chi connectivity index (χ0n) is 20.4. The van der Waals surface area contributed by atoms with Crippen molar-refractivity contribution in [1.82, 2.24) is 9.13 Å². The molecule has 8 nitrogen and oxygen atoms in total. The third-order valence-corrected chi connectivity index (χ3v) is 6.90. The molecule has 5 rings (SSSR count). The summed E-state index contributed by atoms with van der Waals surface area (Å²) in [6.07, 6.45) is 0.987. The van der Waals surface area contributed by atoms with Gasteiger partial charge in [0.1, 0.15) is 30.2 Å². The predicted molar refractivity (Wildman–Crippen MR) is 136 cm³/mol. The molecule has 3 aromatic carbocycles. The lowest BCUT2D eigenvalue weighted by atomic mass is 10.0. The normalized spacial score (nSPS) is 20.0. The lowest BCUT2D eigenvalue weighted by Gasteiger charge is -2.45. The van der Waals surface area contributed by atoms with Gasteiger partial charge in [0.15, 0.2) is 6.04 Å². The first-order valence-electron chi connectivity index (χ1n) is 12.0. The molecular formula is C28H29N3O5. The number of ether oxygens (including phenoxy) is 2. The van der Waals surface area contributed by atoms with Crippen molar-refractivity contribution in [2.45, 2.75) is 32.0 Å². The van der Waals surface area contributed by atoms with Gasteiger partial charge in [-0.1, -0.05) is 36.4 Å². The van der Waals surface area contributed by atoms with Gasteiger partial charge in [0, 0.05) is 12.6 Å². The molecule has 2 unspecified atom stereocenters. The average Bonchev–Trinajstić information content (AvgIpc) is 3.16. The van der Waals surface area contributed by atoms with Crippen LogP contribution in [-0.4, -0.2) is 33.3 Å². The Labute approximate surface area is 209 Å². The van der Waals surface area contributed by atoms with Gasteiger partial charge in [-0.3, -0.25) is 13.8 Å². The number of para-hydroxylation sites is 1. The van der Waals surface area contributed by atoms with Gasteiger partial charge in [-0.05, 0) is 54.8 Å². The highest BCUT2D eigenvalue weighted by atomic mass is 16.6. The van der Waals surface area contributed by atoms with E-state index in [1.54, 1.807) is 44.5 Å². The number of nitrogens with zero attached hydrogens (tertiary/aromatic N) is 3. The van der Waals surface area contributed by atoms with Crippen LogP contribution >= 0.6 is 0 Å². The monoisotopic (exact) mass is 487 g/mol. The van der Waals surface area contributed by atoms with E-state index < -0.39 is 16.6 Å². The number of carbonyl (C=O) groups is 1. The van der Waals surface area contributed by atoms with Crippen molar-refractivity contribution in [1.29, 1.82) is 0 Å². The van der Waals surface area contributed by atoms with Gasteiger partial charge in [-0.25, -0.2) is 9.59 Å². The number of quaternary nitrogens is 1. The average molecular weight is 488 g/mol. The minimum atomic E-state index is -0.996. The maximum Gasteiger partial charge on any atom is 0.337 e. The van der Waals surface area contributed by atoms with E-state index in [1.807, 2.05) is 42.5 Å². The minimum absolute atomic E-state index is 0.0181. The van der Waals surface area contributed by atoms with Gasteiger partial charge in [-0.15, -0.1) is 0 Å². The molecule has 186 valence electrons. The van der Waals surface area contributed by atoms with Gasteiger partial charge >= 0.3 is 11.6 Å². The van der Waals surface area contributed by atoms with Crippen molar-refractivity contribution < 1.29 is 18.9 Å². The third-order valence-electron chi connectivity index (χ3n) is 6.90. The molecule has 36 heavy (non-hydrogen) atoms. The second-order valence-corrected chi connectivity index (χ2v) is 9.23. The van der Waals surface area contributed by atoms with E-state index in [9.17, 15) is 14.8 Å². The number of methoxy groups -OCH3 is 1. The molecule has 0 radical (unpaired) electrons. The van der Waals surface area contributed by atoms with Crippen molar-refractivity contribution in [3.8, 4) is 11.5 Å². The van der Waals surface area contributed by atoms with E-state index in [2.05, 4.69) is 0 Å². The molecule has 8 heteroatoms. The molecule has 0 N–H and O–H groups in total. The van der Waals surface area contributed by atoms with E-state index >= 15 is 0 Å². The summed E-state index contributed by atoms with van der Waals surface area (Å²) in [5, 5.41) is 13.8. The molecule has 1 aromatic heterocycles. The number of hydrogen-bond acceptors (Lipinski definition) is 5. The number of piperidine rings is 1.